The number of rotatable bonds is 5. The van der Waals surface area contributed by atoms with E-state index in [9.17, 15) is 13.2 Å². The third-order valence-corrected chi connectivity index (χ3v) is 3.10. The fourth-order valence-corrected chi connectivity index (χ4v) is 2.02. The van der Waals surface area contributed by atoms with Gasteiger partial charge in [-0.3, -0.25) is 0 Å². The van der Waals surface area contributed by atoms with Crippen molar-refractivity contribution in [2.24, 2.45) is 0 Å². The lowest BCUT2D eigenvalue weighted by Gasteiger charge is -2.11. The lowest BCUT2D eigenvalue weighted by atomic mass is 10.2. The first-order valence-electron chi connectivity index (χ1n) is 6.95. The smallest absolute Gasteiger partial charge is 0.416 e. The van der Waals surface area contributed by atoms with Gasteiger partial charge in [-0.25, -0.2) is 0 Å². The molecular weight excluding hydrogens is 323 g/mol. The van der Waals surface area contributed by atoms with Crippen LogP contribution >= 0.6 is 0 Å². The number of aromatic nitrogens is 2. The van der Waals surface area contributed by atoms with E-state index >= 15 is 0 Å². The fraction of sp³-hybridized carbons (Fsp3) is 0.125. The van der Waals surface area contributed by atoms with E-state index in [2.05, 4.69) is 15.5 Å². The van der Waals surface area contributed by atoms with Crippen LogP contribution in [0, 0.1) is 0 Å². The Morgan fingerprint density at radius 3 is 2.50 bits per heavy atom. The molecule has 0 amide bonds. The summed E-state index contributed by atoms with van der Waals surface area (Å²) in [6.07, 6.45) is -3.20. The summed E-state index contributed by atoms with van der Waals surface area (Å²) in [5.74, 6) is 0.547. The van der Waals surface area contributed by atoms with Crippen LogP contribution in [0.25, 0.3) is 0 Å². The van der Waals surface area contributed by atoms with Gasteiger partial charge in [0.15, 0.2) is 0 Å². The van der Waals surface area contributed by atoms with Gasteiger partial charge in [-0.15, -0.1) is 5.10 Å². The monoisotopic (exact) mass is 335 g/mol. The first-order chi connectivity index (χ1) is 11.5. The van der Waals surface area contributed by atoms with Crippen LogP contribution in [-0.4, -0.2) is 10.2 Å². The highest BCUT2D eigenvalue weighted by molar-refractivity contribution is 5.37. The molecule has 8 heteroatoms. The molecule has 1 N–H and O–H groups in total. The molecule has 1 aromatic heterocycles. The van der Waals surface area contributed by atoms with Crippen molar-refractivity contribution in [3.05, 3.63) is 66.1 Å². The fourth-order valence-electron chi connectivity index (χ4n) is 2.02. The average molecular weight is 335 g/mol. The number of nitrogens with one attached hydrogen (secondary N) is 1. The largest absolute Gasteiger partial charge is 0.457 e. The summed E-state index contributed by atoms with van der Waals surface area (Å²) in [6.45, 7) is 0.405. The van der Waals surface area contributed by atoms with E-state index in [4.69, 9.17) is 9.15 Å². The molecule has 24 heavy (non-hydrogen) atoms. The van der Waals surface area contributed by atoms with Gasteiger partial charge in [0, 0.05) is 6.54 Å². The van der Waals surface area contributed by atoms with Crippen LogP contribution in [0.3, 0.4) is 0 Å². The van der Waals surface area contributed by atoms with Gasteiger partial charge in [-0.1, -0.05) is 23.3 Å². The average Bonchev–Trinajstić information content (AvgIpc) is 3.06. The molecule has 1 heterocycles. The van der Waals surface area contributed by atoms with Gasteiger partial charge in [0.25, 0.3) is 0 Å². The second-order valence-corrected chi connectivity index (χ2v) is 4.87. The van der Waals surface area contributed by atoms with E-state index in [1.165, 1.54) is 18.5 Å². The van der Waals surface area contributed by atoms with Crippen LogP contribution in [0.2, 0.25) is 0 Å². The molecule has 2 aromatic carbocycles. The molecular formula is C16H12F3N3O2. The maximum Gasteiger partial charge on any atom is 0.416 e. The minimum absolute atomic E-state index is 0.117. The van der Waals surface area contributed by atoms with Crippen molar-refractivity contribution in [2.45, 2.75) is 12.7 Å². The summed E-state index contributed by atoms with van der Waals surface area (Å²) in [7, 11) is 0. The van der Waals surface area contributed by atoms with Crippen LogP contribution in [0.4, 0.5) is 19.2 Å². The highest BCUT2D eigenvalue weighted by Gasteiger charge is 2.30. The molecule has 124 valence electrons. The predicted molar refractivity (Wildman–Crippen MR) is 79.6 cm³/mol. The van der Waals surface area contributed by atoms with Gasteiger partial charge in [0.1, 0.15) is 11.5 Å². The number of alkyl halides is 3. The second kappa shape index (κ2) is 6.61. The molecule has 0 spiro atoms. The van der Waals surface area contributed by atoms with Gasteiger partial charge in [-0.2, -0.15) is 13.2 Å². The molecule has 3 rings (SSSR count). The highest BCUT2D eigenvalue weighted by atomic mass is 19.4. The van der Waals surface area contributed by atoms with Crippen molar-refractivity contribution in [3.8, 4) is 11.5 Å². The Balaban J connectivity index is 1.70. The maximum absolute atomic E-state index is 12.7. The van der Waals surface area contributed by atoms with Crippen molar-refractivity contribution in [1.82, 2.24) is 10.2 Å². The lowest BCUT2D eigenvalue weighted by molar-refractivity contribution is -0.137. The first kappa shape index (κ1) is 15.9. The van der Waals surface area contributed by atoms with Crippen molar-refractivity contribution < 1.29 is 22.3 Å². The molecule has 0 fully saturated rings. The van der Waals surface area contributed by atoms with Gasteiger partial charge in [0.2, 0.25) is 6.39 Å². The summed E-state index contributed by atoms with van der Waals surface area (Å²) in [5.41, 5.74) is 0.0897. The van der Waals surface area contributed by atoms with Crippen LogP contribution < -0.4 is 10.1 Å². The predicted octanol–water partition coefficient (Wildman–Crippen LogP) is 4.49. The molecule has 5 nitrogen and oxygen atoms in total. The van der Waals surface area contributed by atoms with E-state index in [1.807, 2.05) is 6.07 Å². The van der Waals surface area contributed by atoms with E-state index < -0.39 is 11.7 Å². The summed E-state index contributed by atoms with van der Waals surface area (Å²) in [6, 6.07) is 12.0. The number of anilines is 1. The molecule has 0 bridgehead atoms. The zero-order valence-corrected chi connectivity index (χ0v) is 12.2. The molecule has 0 aliphatic heterocycles. The Kier molecular flexibility index (Phi) is 4.37. The summed E-state index contributed by atoms with van der Waals surface area (Å²) >= 11 is 0. The number of hydrogen-bond acceptors (Lipinski definition) is 5. The van der Waals surface area contributed by atoms with Crippen molar-refractivity contribution in [2.75, 3.05) is 5.32 Å². The van der Waals surface area contributed by atoms with Gasteiger partial charge in [-0.05, 0) is 35.9 Å². The molecule has 3 aromatic rings. The molecule has 0 radical (unpaired) electrons. The minimum atomic E-state index is -4.41. The minimum Gasteiger partial charge on any atom is -0.457 e. The third-order valence-electron chi connectivity index (χ3n) is 3.10. The quantitative estimate of drug-likeness (QED) is 0.744. The Morgan fingerprint density at radius 2 is 1.79 bits per heavy atom. The summed E-state index contributed by atoms with van der Waals surface area (Å²) in [4.78, 5) is 0. The lowest BCUT2D eigenvalue weighted by Crippen LogP contribution is -2.04. The summed E-state index contributed by atoms with van der Waals surface area (Å²) in [5, 5.41) is 10.1. The third kappa shape index (κ3) is 4.03. The molecule has 0 saturated heterocycles. The van der Waals surface area contributed by atoms with Gasteiger partial charge < -0.3 is 14.5 Å². The normalized spacial score (nSPS) is 11.3. The molecule has 0 saturated carbocycles. The highest BCUT2D eigenvalue weighted by Crippen LogP contribution is 2.32. The molecule has 0 atom stereocenters. The van der Waals surface area contributed by atoms with E-state index in [0.717, 1.165) is 17.7 Å². The summed E-state index contributed by atoms with van der Waals surface area (Å²) < 4.78 is 48.6. The SMILES string of the molecule is FC(F)(F)c1cccc(Oc2cccc(CNc3nnco3)c2)c1. The topological polar surface area (TPSA) is 60.2 Å². The van der Waals surface area contributed by atoms with E-state index in [1.54, 1.807) is 18.2 Å². The Morgan fingerprint density at radius 1 is 1.04 bits per heavy atom. The van der Waals surface area contributed by atoms with Crippen molar-refractivity contribution in [1.29, 1.82) is 0 Å². The van der Waals surface area contributed by atoms with Crippen LogP contribution in [0.1, 0.15) is 11.1 Å². The van der Waals surface area contributed by atoms with Crippen molar-refractivity contribution in [3.63, 3.8) is 0 Å². The maximum atomic E-state index is 12.7. The van der Waals surface area contributed by atoms with Crippen LogP contribution in [0.15, 0.2) is 59.3 Å². The standard InChI is InChI=1S/C16H12F3N3O2/c17-16(18,19)12-4-2-6-14(8-12)24-13-5-1-3-11(7-13)9-20-15-22-21-10-23-15/h1-8,10H,9H2,(H,20,22). The number of nitrogens with zero attached hydrogens (tertiary/aromatic N) is 2. The Hall–Kier alpha value is -3.03. The van der Waals surface area contributed by atoms with Gasteiger partial charge in [0.05, 0.1) is 5.56 Å². The van der Waals surface area contributed by atoms with Crippen molar-refractivity contribution >= 4 is 6.01 Å². The van der Waals surface area contributed by atoms with Gasteiger partial charge >= 0.3 is 12.2 Å². The number of ether oxygens (including phenoxy) is 1. The van der Waals surface area contributed by atoms with Crippen LogP contribution in [0.5, 0.6) is 11.5 Å². The molecule has 0 aliphatic carbocycles. The van der Waals surface area contributed by atoms with Crippen LogP contribution in [-0.2, 0) is 12.7 Å². The number of benzene rings is 2. The van der Waals surface area contributed by atoms with E-state index in [-0.39, 0.29) is 11.8 Å². The second-order valence-electron chi connectivity index (χ2n) is 4.87. The Bertz CT molecular complexity index is 804. The first-order valence-corrected chi connectivity index (χ1v) is 6.95. The zero-order chi connectivity index (χ0) is 17.0. The number of halogens is 3. The molecule has 0 aliphatic rings. The molecule has 0 unspecified atom stereocenters. The zero-order valence-electron chi connectivity index (χ0n) is 12.2. The van der Waals surface area contributed by atoms with E-state index in [0.29, 0.717) is 12.3 Å². The number of hydrogen-bond donors (Lipinski definition) is 1. The Labute approximate surface area is 135 Å².